The van der Waals surface area contributed by atoms with Gasteiger partial charge in [0, 0.05) is 20.6 Å². The fourth-order valence-electron chi connectivity index (χ4n) is 3.44. The highest BCUT2D eigenvalue weighted by Crippen LogP contribution is 2.38. The van der Waals surface area contributed by atoms with Crippen LogP contribution in [0.3, 0.4) is 0 Å². The lowest BCUT2D eigenvalue weighted by atomic mass is 9.80. The van der Waals surface area contributed by atoms with Gasteiger partial charge in [-0.25, -0.2) is 0 Å². The summed E-state index contributed by atoms with van der Waals surface area (Å²) in [6.07, 6.45) is 0. The molecule has 38 heavy (non-hydrogen) atoms. The topological polar surface area (TPSA) is 40.5 Å². The van der Waals surface area contributed by atoms with E-state index in [0.29, 0.717) is 9.94 Å². The first-order valence-corrected chi connectivity index (χ1v) is 15.9. The van der Waals surface area contributed by atoms with E-state index in [1.807, 2.05) is 30.3 Å². The third-order valence-corrected chi connectivity index (χ3v) is 10.3. The van der Waals surface area contributed by atoms with E-state index < -0.39 is 7.12 Å². The third-order valence-electron chi connectivity index (χ3n) is 5.26. The van der Waals surface area contributed by atoms with Gasteiger partial charge in [0.05, 0.1) is 0 Å². The molecule has 0 aliphatic rings. The van der Waals surface area contributed by atoms with Crippen molar-refractivity contribution in [2.24, 2.45) is 0 Å². The molecule has 2 N–H and O–H groups in total. The Morgan fingerprint density at radius 2 is 0.737 bits per heavy atom. The third kappa shape index (κ3) is 9.28. The Morgan fingerprint density at radius 3 is 1.05 bits per heavy atom. The molecule has 0 atom stereocenters. The van der Waals surface area contributed by atoms with E-state index in [1.54, 1.807) is 18.2 Å². The highest BCUT2D eigenvalue weighted by Gasteiger charge is 2.13. The van der Waals surface area contributed by atoms with E-state index in [-0.39, 0.29) is 0 Å². The molecule has 0 saturated heterocycles. The average molecular weight is 919 g/mol. The first kappa shape index (κ1) is 31.5. The minimum absolute atomic E-state index is 0.488. The second-order valence-electron chi connectivity index (χ2n) is 7.81. The summed E-state index contributed by atoms with van der Waals surface area (Å²) in [6.45, 7) is 0. The molecule has 5 aromatic rings. The van der Waals surface area contributed by atoms with Crippen LogP contribution in [-0.2, 0) is 0 Å². The molecule has 0 heterocycles. The van der Waals surface area contributed by atoms with Crippen molar-refractivity contribution in [2.45, 2.75) is 0 Å². The summed E-state index contributed by atoms with van der Waals surface area (Å²) in [6, 6.07) is 40.4. The van der Waals surface area contributed by atoms with E-state index in [4.69, 9.17) is 10.0 Å². The number of halogens is 5. The quantitative estimate of drug-likeness (QED) is 0.140. The maximum atomic E-state index is 8.73. The minimum Gasteiger partial charge on any atom is -0.423 e. The summed E-state index contributed by atoms with van der Waals surface area (Å²) >= 11 is 15.1. The lowest BCUT2D eigenvalue weighted by Gasteiger charge is -2.12. The van der Waals surface area contributed by atoms with E-state index in [2.05, 4.69) is 166 Å². The SMILES string of the molecule is Brc1ccccc1-c1ccccc1-c1ccccc1Br.Ic1ccccc1I.OB(O)c1ccccc1Br. The van der Waals surface area contributed by atoms with E-state index in [0.717, 1.165) is 8.95 Å². The molecule has 0 amide bonds. The number of hydrogen-bond donors (Lipinski definition) is 2. The number of benzene rings is 5. The van der Waals surface area contributed by atoms with Crippen LogP contribution in [0.2, 0.25) is 0 Å². The molecule has 0 aliphatic heterocycles. The summed E-state index contributed by atoms with van der Waals surface area (Å²) in [4.78, 5) is 0. The molecule has 2 nitrogen and oxygen atoms in total. The molecular weight excluding hydrogens is 897 g/mol. The van der Waals surface area contributed by atoms with Crippen molar-refractivity contribution in [3.8, 4) is 22.3 Å². The average Bonchev–Trinajstić information content (AvgIpc) is 2.92. The molecular formula is C30H22BBr3I2O2. The Hall–Kier alpha value is -1.02. The van der Waals surface area contributed by atoms with Crippen LogP contribution in [0.4, 0.5) is 0 Å². The van der Waals surface area contributed by atoms with Crippen LogP contribution in [0, 0.1) is 7.14 Å². The highest BCUT2D eigenvalue weighted by atomic mass is 127. The van der Waals surface area contributed by atoms with Crippen LogP contribution in [0.25, 0.3) is 22.3 Å². The molecule has 5 rings (SSSR count). The molecule has 192 valence electrons. The number of hydrogen-bond acceptors (Lipinski definition) is 2. The number of rotatable bonds is 3. The van der Waals surface area contributed by atoms with E-state index in [9.17, 15) is 0 Å². The first-order valence-electron chi connectivity index (χ1n) is 11.4. The fourth-order valence-corrected chi connectivity index (χ4v) is 5.70. The van der Waals surface area contributed by atoms with Crippen molar-refractivity contribution < 1.29 is 10.0 Å². The summed E-state index contributed by atoms with van der Waals surface area (Å²) in [5, 5.41) is 17.5. The van der Waals surface area contributed by atoms with Crippen molar-refractivity contribution in [2.75, 3.05) is 0 Å². The molecule has 8 heteroatoms. The molecule has 0 fully saturated rings. The van der Waals surface area contributed by atoms with Crippen molar-refractivity contribution >= 4 is 106 Å². The van der Waals surface area contributed by atoms with Crippen molar-refractivity contribution in [1.29, 1.82) is 0 Å². The first-order chi connectivity index (χ1) is 18.3. The van der Waals surface area contributed by atoms with Gasteiger partial charge in [0.25, 0.3) is 0 Å². The maximum Gasteiger partial charge on any atom is 0.489 e. The molecule has 0 radical (unpaired) electrons. The van der Waals surface area contributed by atoms with Gasteiger partial charge in [-0.15, -0.1) is 0 Å². The Balaban J connectivity index is 0.000000185. The van der Waals surface area contributed by atoms with Gasteiger partial charge < -0.3 is 10.0 Å². The van der Waals surface area contributed by atoms with E-state index in [1.165, 1.54) is 29.4 Å². The largest absolute Gasteiger partial charge is 0.489 e. The van der Waals surface area contributed by atoms with Crippen molar-refractivity contribution in [3.05, 3.63) is 142 Å². The maximum absolute atomic E-state index is 8.73. The fraction of sp³-hybridized carbons (Fsp3) is 0. The monoisotopic (exact) mass is 916 g/mol. The van der Waals surface area contributed by atoms with Crippen molar-refractivity contribution in [3.63, 3.8) is 0 Å². The van der Waals surface area contributed by atoms with Crippen LogP contribution < -0.4 is 5.46 Å². The summed E-state index contributed by atoms with van der Waals surface area (Å²) < 4.78 is 5.58. The minimum atomic E-state index is -1.39. The Labute approximate surface area is 276 Å². The van der Waals surface area contributed by atoms with Crippen LogP contribution >= 0.6 is 93.0 Å². The zero-order valence-corrected chi connectivity index (χ0v) is 29.0. The van der Waals surface area contributed by atoms with Gasteiger partial charge in [-0.1, -0.05) is 139 Å². The normalized spacial score (nSPS) is 9.97. The van der Waals surface area contributed by atoms with Gasteiger partial charge in [0.1, 0.15) is 0 Å². The zero-order chi connectivity index (χ0) is 27.5. The molecule has 5 aromatic carbocycles. The standard InChI is InChI=1S/C18H12Br2.C6H6BBrO2.C6H4I2/c19-17-11-5-3-9-15(17)13-7-1-2-8-14(13)16-10-4-6-12-18(16)20;8-6-4-2-1-3-5(6)7(9)10;7-5-3-1-2-4-6(5)8/h1-12H;1-4,9-10H;1-4H. The second-order valence-corrected chi connectivity index (χ2v) is 12.7. The van der Waals surface area contributed by atoms with E-state index >= 15 is 0 Å². The summed E-state index contributed by atoms with van der Waals surface area (Å²) in [5.41, 5.74) is 5.36. The Bertz CT molecular complexity index is 1400. The molecule has 0 spiro atoms. The lowest BCUT2D eigenvalue weighted by Crippen LogP contribution is -2.30. The van der Waals surface area contributed by atoms with Crippen molar-refractivity contribution in [1.82, 2.24) is 0 Å². The smallest absolute Gasteiger partial charge is 0.423 e. The molecule has 0 saturated carbocycles. The lowest BCUT2D eigenvalue weighted by molar-refractivity contribution is 0.425. The van der Waals surface area contributed by atoms with Crippen LogP contribution in [-0.4, -0.2) is 17.2 Å². The molecule has 0 aliphatic carbocycles. The Kier molecular flexibility index (Phi) is 13.5. The zero-order valence-electron chi connectivity index (χ0n) is 19.9. The summed E-state index contributed by atoms with van der Waals surface area (Å²) in [7, 11) is -1.39. The highest BCUT2D eigenvalue weighted by molar-refractivity contribution is 14.1. The van der Waals surface area contributed by atoms with Gasteiger partial charge in [-0.3, -0.25) is 0 Å². The molecule has 0 unspecified atom stereocenters. The van der Waals surface area contributed by atoms with Gasteiger partial charge >= 0.3 is 7.12 Å². The van der Waals surface area contributed by atoms with Crippen LogP contribution in [0.15, 0.2) is 135 Å². The van der Waals surface area contributed by atoms with Gasteiger partial charge in [0.15, 0.2) is 0 Å². The van der Waals surface area contributed by atoms with Crippen LogP contribution in [0.5, 0.6) is 0 Å². The predicted octanol–water partition coefficient (Wildman–Crippen LogP) is 9.57. The molecule has 0 aromatic heterocycles. The van der Waals surface area contributed by atoms with Gasteiger partial charge in [-0.2, -0.15) is 0 Å². The Morgan fingerprint density at radius 1 is 0.421 bits per heavy atom. The predicted molar refractivity (Wildman–Crippen MR) is 189 cm³/mol. The van der Waals surface area contributed by atoms with Crippen LogP contribution in [0.1, 0.15) is 0 Å². The molecule has 0 bridgehead atoms. The van der Waals surface area contributed by atoms with Gasteiger partial charge in [0.2, 0.25) is 0 Å². The second kappa shape index (κ2) is 16.3. The van der Waals surface area contributed by atoms with Gasteiger partial charge in [-0.05, 0) is 103 Å². The summed E-state index contributed by atoms with van der Waals surface area (Å²) in [5.74, 6) is 0.